The molecule has 106 valence electrons. The van der Waals surface area contributed by atoms with E-state index in [-0.39, 0.29) is 12.5 Å². The number of nitrogens with two attached hydrogens (primary N) is 1. The number of hydrogen-bond donors (Lipinski definition) is 3. The largest absolute Gasteiger partial charge is 0.394 e. The van der Waals surface area contributed by atoms with E-state index in [1.54, 1.807) is 0 Å². The topological polar surface area (TPSA) is 84.6 Å². The van der Waals surface area contributed by atoms with Gasteiger partial charge in [-0.3, -0.25) is 4.79 Å². The summed E-state index contributed by atoms with van der Waals surface area (Å²) in [6.07, 6.45) is 1.42. The van der Waals surface area contributed by atoms with Gasteiger partial charge in [0.25, 0.3) is 5.91 Å². The van der Waals surface area contributed by atoms with Crippen LogP contribution < -0.4 is 11.1 Å². The maximum Gasteiger partial charge on any atom is 0.251 e. The molecule has 0 aromatic heterocycles. The van der Waals surface area contributed by atoms with E-state index in [1.807, 2.05) is 24.3 Å². The van der Waals surface area contributed by atoms with Crippen molar-refractivity contribution in [1.82, 2.24) is 5.32 Å². The molecule has 4 N–H and O–H groups in total. The lowest BCUT2D eigenvalue weighted by molar-refractivity contribution is 0.0867. The van der Waals surface area contributed by atoms with Crippen LogP contribution in [-0.2, 0) is 11.2 Å². The van der Waals surface area contributed by atoms with Crippen LogP contribution in [0, 0.1) is 0 Å². The SMILES string of the molecule is NCCc1ccccc1C(=O)NCCCOCCO. The van der Waals surface area contributed by atoms with Crippen LogP contribution in [0.15, 0.2) is 24.3 Å². The zero-order chi connectivity index (χ0) is 13.9. The lowest BCUT2D eigenvalue weighted by Gasteiger charge is -2.09. The minimum absolute atomic E-state index is 0.0266. The second-order valence-electron chi connectivity index (χ2n) is 4.14. The second kappa shape index (κ2) is 9.49. The van der Waals surface area contributed by atoms with Crippen molar-refractivity contribution in [3.05, 3.63) is 35.4 Å². The molecule has 0 heterocycles. The summed E-state index contributed by atoms with van der Waals surface area (Å²) >= 11 is 0. The van der Waals surface area contributed by atoms with E-state index in [2.05, 4.69) is 5.32 Å². The number of hydrogen-bond acceptors (Lipinski definition) is 4. The third-order valence-corrected chi connectivity index (χ3v) is 2.66. The Hall–Kier alpha value is -1.43. The van der Waals surface area contributed by atoms with Crippen molar-refractivity contribution in [3.8, 4) is 0 Å². The predicted octanol–water partition coefficient (Wildman–Crippen LogP) is 0.317. The maximum atomic E-state index is 12.0. The Balaban J connectivity index is 2.36. The van der Waals surface area contributed by atoms with Crippen LogP contribution in [0.1, 0.15) is 22.3 Å². The summed E-state index contributed by atoms with van der Waals surface area (Å²) in [5, 5.41) is 11.4. The molecule has 0 saturated carbocycles. The molecule has 0 aliphatic carbocycles. The number of carbonyl (C=O) groups is 1. The van der Waals surface area contributed by atoms with Crippen molar-refractivity contribution < 1.29 is 14.6 Å². The molecule has 0 atom stereocenters. The summed E-state index contributed by atoms with van der Waals surface area (Å²) in [6, 6.07) is 7.48. The smallest absolute Gasteiger partial charge is 0.251 e. The summed E-state index contributed by atoms with van der Waals surface area (Å²) in [6.45, 7) is 1.98. The average molecular weight is 266 g/mol. The molecule has 0 saturated heterocycles. The summed E-state index contributed by atoms with van der Waals surface area (Å²) < 4.78 is 5.11. The number of benzene rings is 1. The van der Waals surface area contributed by atoms with Crippen LogP contribution in [0.4, 0.5) is 0 Å². The summed E-state index contributed by atoms with van der Waals surface area (Å²) in [5.41, 5.74) is 7.18. The minimum atomic E-state index is -0.0776. The van der Waals surface area contributed by atoms with Gasteiger partial charge >= 0.3 is 0 Å². The first-order valence-electron chi connectivity index (χ1n) is 6.54. The molecule has 0 radical (unpaired) electrons. The van der Waals surface area contributed by atoms with Crippen LogP contribution in [-0.4, -0.2) is 43.9 Å². The van der Waals surface area contributed by atoms with Gasteiger partial charge in [0.15, 0.2) is 0 Å². The number of amides is 1. The van der Waals surface area contributed by atoms with E-state index in [9.17, 15) is 4.79 Å². The number of rotatable bonds is 9. The van der Waals surface area contributed by atoms with Crippen molar-refractivity contribution >= 4 is 5.91 Å². The fourth-order valence-corrected chi connectivity index (χ4v) is 1.75. The van der Waals surface area contributed by atoms with Gasteiger partial charge in [0.1, 0.15) is 0 Å². The number of aliphatic hydroxyl groups excluding tert-OH is 1. The normalized spacial score (nSPS) is 10.4. The molecule has 1 amide bonds. The van der Waals surface area contributed by atoms with Crippen molar-refractivity contribution in [1.29, 1.82) is 0 Å². The molecule has 1 rings (SSSR count). The minimum Gasteiger partial charge on any atom is -0.394 e. The van der Waals surface area contributed by atoms with Gasteiger partial charge in [0.05, 0.1) is 13.2 Å². The van der Waals surface area contributed by atoms with Crippen LogP contribution in [0.5, 0.6) is 0 Å². The molecule has 0 aliphatic rings. The van der Waals surface area contributed by atoms with Crippen LogP contribution in [0.2, 0.25) is 0 Å². The molecule has 0 bridgehead atoms. The first kappa shape index (κ1) is 15.6. The van der Waals surface area contributed by atoms with Gasteiger partial charge in [0.2, 0.25) is 0 Å². The lowest BCUT2D eigenvalue weighted by Crippen LogP contribution is -2.26. The van der Waals surface area contributed by atoms with Gasteiger partial charge in [0, 0.05) is 18.7 Å². The summed E-state index contributed by atoms with van der Waals surface area (Å²) in [7, 11) is 0. The Kier molecular flexibility index (Phi) is 7.81. The van der Waals surface area contributed by atoms with Gasteiger partial charge in [-0.1, -0.05) is 18.2 Å². The van der Waals surface area contributed by atoms with E-state index < -0.39 is 0 Å². The summed E-state index contributed by atoms with van der Waals surface area (Å²) in [4.78, 5) is 12.0. The van der Waals surface area contributed by atoms with E-state index >= 15 is 0 Å². The Morgan fingerprint density at radius 1 is 1.32 bits per heavy atom. The molecule has 1 aromatic rings. The van der Waals surface area contributed by atoms with Gasteiger partial charge < -0.3 is 20.9 Å². The highest BCUT2D eigenvalue weighted by molar-refractivity contribution is 5.95. The average Bonchev–Trinajstić information content (AvgIpc) is 2.43. The quantitative estimate of drug-likeness (QED) is 0.562. The van der Waals surface area contributed by atoms with Crippen LogP contribution in [0.25, 0.3) is 0 Å². The molecular weight excluding hydrogens is 244 g/mol. The molecule has 0 spiro atoms. The van der Waals surface area contributed by atoms with Crippen molar-refractivity contribution in [2.45, 2.75) is 12.8 Å². The lowest BCUT2D eigenvalue weighted by atomic mass is 10.0. The fraction of sp³-hybridized carbons (Fsp3) is 0.500. The van der Waals surface area contributed by atoms with Gasteiger partial charge in [-0.2, -0.15) is 0 Å². The Morgan fingerprint density at radius 3 is 2.84 bits per heavy atom. The van der Waals surface area contributed by atoms with Crippen molar-refractivity contribution in [3.63, 3.8) is 0 Å². The van der Waals surface area contributed by atoms with E-state index in [4.69, 9.17) is 15.6 Å². The van der Waals surface area contributed by atoms with E-state index in [0.29, 0.717) is 38.3 Å². The number of carbonyl (C=O) groups excluding carboxylic acids is 1. The van der Waals surface area contributed by atoms with Crippen molar-refractivity contribution in [2.75, 3.05) is 32.9 Å². The Bertz CT molecular complexity index is 383. The molecular formula is C14H22N2O3. The van der Waals surface area contributed by atoms with Gasteiger partial charge in [-0.25, -0.2) is 0 Å². The molecule has 0 fully saturated rings. The monoisotopic (exact) mass is 266 g/mol. The molecule has 19 heavy (non-hydrogen) atoms. The Labute approximate surface area is 113 Å². The number of aliphatic hydroxyl groups is 1. The first-order chi connectivity index (χ1) is 9.29. The highest BCUT2D eigenvalue weighted by Crippen LogP contribution is 2.08. The predicted molar refractivity (Wildman–Crippen MR) is 74.1 cm³/mol. The zero-order valence-electron chi connectivity index (χ0n) is 11.1. The third-order valence-electron chi connectivity index (χ3n) is 2.66. The van der Waals surface area contributed by atoms with Crippen LogP contribution in [0.3, 0.4) is 0 Å². The molecule has 5 heteroatoms. The van der Waals surface area contributed by atoms with Gasteiger partial charge in [-0.15, -0.1) is 0 Å². The summed E-state index contributed by atoms with van der Waals surface area (Å²) in [5.74, 6) is -0.0776. The second-order valence-corrected chi connectivity index (χ2v) is 4.14. The standard InChI is InChI=1S/C14H22N2O3/c15-7-6-12-4-1-2-5-13(12)14(18)16-8-3-10-19-11-9-17/h1-2,4-5,17H,3,6-11,15H2,(H,16,18). The number of ether oxygens (including phenoxy) is 1. The highest BCUT2D eigenvalue weighted by Gasteiger charge is 2.09. The van der Waals surface area contributed by atoms with Crippen molar-refractivity contribution in [2.24, 2.45) is 5.73 Å². The molecule has 1 aromatic carbocycles. The first-order valence-corrected chi connectivity index (χ1v) is 6.54. The van der Waals surface area contributed by atoms with Gasteiger partial charge in [-0.05, 0) is 31.0 Å². The fourth-order valence-electron chi connectivity index (χ4n) is 1.75. The molecule has 0 unspecified atom stereocenters. The van der Waals surface area contributed by atoms with Crippen LogP contribution >= 0.6 is 0 Å². The maximum absolute atomic E-state index is 12.0. The third kappa shape index (κ3) is 5.83. The van der Waals surface area contributed by atoms with E-state index in [0.717, 1.165) is 12.0 Å². The molecule has 5 nitrogen and oxygen atoms in total. The Morgan fingerprint density at radius 2 is 2.11 bits per heavy atom. The molecule has 0 aliphatic heterocycles. The van der Waals surface area contributed by atoms with E-state index in [1.165, 1.54) is 0 Å². The highest BCUT2D eigenvalue weighted by atomic mass is 16.5. The zero-order valence-corrected chi connectivity index (χ0v) is 11.1. The number of nitrogens with one attached hydrogen (secondary N) is 1.